The first-order valence-electron chi connectivity index (χ1n) is 4.52. The lowest BCUT2D eigenvalue weighted by molar-refractivity contribution is 0.275. The van der Waals surface area contributed by atoms with Crippen LogP contribution in [0.3, 0.4) is 0 Å². The zero-order valence-electron chi connectivity index (χ0n) is 7.81. The van der Waals surface area contributed by atoms with E-state index in [1.807, 2.05) is 0 Å². The Morgan fingerprint density at radius 2 is 2.36 bits per heavy atom. The molecule has 0 bridgehead atoms. The third kappa shape index (κ3) is 1.77. The molecule has 0 saturated heterocycles. The summed E-state index contributed by atoms with van der Waals surface area (Å²) < 4.78 is 18.6. The third-order valence-electron chi connectivity index (χ3n) is 2.19. The largest absolute Gasteiger partial charge is 0.491 e. The highest BCUT2D eigenvalue weighted by Gasteiger charge is 2.15. The smallest absolute Gasteiger partial charge is 0.144 e. The molecule has 1 aromatic rings. The van der Waals surface area contributed by atoms with E-state index in [9.17, 15) is 4.39 Å². The number of hydrogen-bond donors (Lipinski definition) is 1. The van der Waals surface area contributed by atoms with Gasteiger partial charge >= 0.3 is 0 Å². The van der Waals surface area contributed by atoms with Crippen LogP contribution in [0.15, 0.2) is 12.1 Å². The molecule has 1 aliphatic rings. The van der Waals surface area contributed by atoms with Crippen molar-refractivity contribution in [1.82, 2.24) is 0 Å². The van der Waals surface area contributed by atoms with Crippen LogP contribution in [-0.4, -0.2) is 13.2 Å². The van der Waals surface area contributed by atoms with Crippen molar-refractivity contribution in [3.05, 3.63) is 23.0 Å². The molecule has 14 heavy (non-hydrogen) atoms. The van der Waals surface area contributed by atoms with Gasteiger partial charge in [0.15, 0.2) is 0 Å². The fraction of sp³-hybridized carbons (Fsp3) is 0.400. The number of benzene rings is 1. The highest BCUT2D eigenvalue weighted by molar-refractivity contribution is 6.31. The van der Waals surface area contributed by atoms with E-state index in [-0.39, 0.29) is 5.02 Å². The van der Waals surface area contributed by atoms with Crippen molar-refractivity contribution < 1.29 is 9.13 Å². The Balaban J connectivity index is 2.36. The Kier molecular flexibility index (Phi) is 2.50. The molecule has 1 atom stereocenters. The molecule has 0 amide bonds. The number of rotatable bonds is 0. The van der Waals surface area contributed by atoms with Gasteiger partial charge in [0, 0.05) is 24.6 Å². The SMILES string of the molecule is CC1CNc2cc(F)c(Cl)cc2OC1. The van der Waals surface area contributed by atoms with Gasteiger partial charge in [0.2, 0.25) is 0 Å². The van der Waals surface area contributed by atoms with E-state index in [1.165, 1.54) is 12.1 Å². The topological polar surface area (TPSA) is 21.3 Å². The molecular weight excluding hydrogens is 205 g/mol. The molecule has 4 heteroatoms. The summed E-state index contributed by atoms with van der Waals surface area (Å²) in [5.74, 6) is 0.612. The number of ether oxygens (including phenoxy) is 1. The molecule has 0 spiro atoms. The normalized spacial score (nSPS) is 20.4. The minimum absolute atomic E-state index is 0.0973. The molecule has 1 aliphatic heterocycles. The highest BCUT2D eigenvalue weighted by Crippen LogP contribution is 2.32. The van der Waals surface area contributed by atoms with E-state index in [0.717, 1.165) is 6.54 Å². The van der Waals surface area contributed by atoms with Gasteiger partial charge < -0.3 is 10.1 Å². The second kappa shape index (κ2) is 3.65. The molecule has 0 radical (unpaired) electrons. The number of halogens is 2. The average Bonchev–Trinajstić information content (AvgIpc) is 2.31. The van der Waals surface area contributed by atoms with Crippen molar-refractivity contribution in [2.45, 2.75) is 6.92 Å². The summed E-state index contributed by atoms with van der Waals surface area (Å²) in [4.78, 5) is 0. The summed E-state index contributed by atoms with van der Waals surface area (Å²) in [6, 6.07) is 2.88. The van der Waals surface area contributed by atoms with Crippen molar-refractivity contribution in [3.63, 3.8) is 0 Å². The minimum Gasteiger partial charge on any atom is -0.491 e. The quantitative estimate of drug-likeness (QED) is 0.719. The van der Waals surface area contributed by atoms with Crippen molar-refractivity contribution in [3.8, 4) is 5.75 Å². The summed E-state index contributed by atoms with van der Waals surface area (Å²) >= 11 is 5.65. The van der Waals surface area contributed by atoms with Gasteiger partial charge in [0.25, 0.3) is 0 Å². The third-order valence-corrected chi connectivity index (χ3v) is 2.48. The minimum atomic E-state index is -0.420. The van der Waals surface area contributed by atoms with Gasteiger partial charge in [-0.3, -0.25) is 0 Å². The molecule has 0 saturated carbocycles. The molecule has 2 rings (SSSR count). The van der Waals surface area contributed by atoms with Gasteiger partial charge in [-0.15, -0.1) is 0 Å². The Morgan fingerprint density at radius 3 is 3.14 bits per heavy atom. The van der Waals surface area contributed by atoms with E-state index < -0.39 is 5.82 Å². The maximum Gasteiger partial charge on any atom is 0.144 e. The molecule has 1 N–H and O–H groups in total. The Morgan fingerprint density at radius 1 is 1.57 bits per heavy atom. The van der Waals surface area contributed by atoms with E-state index in [0.29, 0.717) is 24.0 Å². The zero-order chi connectivity index (χ0) is 10.1. The summed E-state index contributed by atoms with van der Waals surface area (Å²) in [6.45, 7) is 3.48. The van der Waals surface area contributed by atoms with Crippen LogP contribution in [0.25, 0.3) is 0 Å². The van der Waals surface area contributed by atoms with Gasteiger partial charge in [0.1, 0.15) is 11.6 Å². The van der Waals surface area contributed by atoms with Crippen LogP contribution in [0.5, 0.6) is 5.75 Å². The average molecular weight is 216 g/mol. The number of nitrogens with one attached hydrogen (secondary N) is 1. The predicted molar refractivity (Wildman–Crippen MR) is 54.6 cm³/mol. The predicted octanol–water partition coefficient (Wildman–Crippen LogP) is 2.92. The van der Waals surface area contributed by atoms with Gasteiger partial charge in [-0.25, -0.2) is 4.39 Å². The van der Waals surface area contributed by atoms with Crippen LogP contribution < -0.4 is 10.1 Å². The maximum absolute atomic E-state index is 13.1. The second-order valence-corrected chi connectivity index (χ2v) is 3.97. The summed E-state index contributed by atoms with van der Waals surface area (Å²) in [7, 11) is 0. The van der Waals surface area contributed by atoms with Crippen LogP contribution >= 0.6 is 11.6 Å². The van der Waals surface area contributed by atoms with Crippen molar-refractivity contribution >= 4 is 17.3 Å². The van der Waals surface area contributed by atoms with Gasteiger partial charge in [0.05, 0.1) is 17.3 Å². The number of hydrogen-bond acceptors (Lipinski definition) is 2. The molecular formula is C10H11ClFNO. The molecule has 1 unspecified atom stereocenters. The maximum atomic E-state index is 13.1. The van der Waals surface area contributed by atoms with Crippen LogP contribution in [0.2, 0.25) is 5.02 Å². The summed E-state index contributed by atoms with van der Waals surface area (Å²) in [5.41, 5.74) is 0.677. The highest BCUT2D eigenvalue weighted by atomic mass is 35.5. The van der Waals surface area contributed by atoms with Gasteiger partial charge in [-0.1, -0.05) is 18.5 Å². The molecule has 76 valence electrons. The summed E-state index contributed by atoms with van der Waals surface area (Å²) in [6.07, 6.45) is 0. The fourth-order valence-electron chi connectivity index (χ4n) is 1.36. The first-order valence-corrected chi connectivity index (χ1v) is 4.90. The van der Waals surface area contributed by atoms with E-state index in [1.54, 1.807) is 0 Å². The first-order chi connectivity index (χ1) is 6.66. The lowest BCUT2D eigenvalue weighted by Gasteiger charge is -2.07. The molecule has 2 nitrogen and oxygen atoms in total. The molecule has 0 aliphatic carbocycles. The fourth-order valence-corrected chi connectivity index (χ4v) is 1.51. The number of fused-ring (bicyclic) bond motifs is 1. The molecule has 1 aromatic carbocycles. The number of anilines is 1. The van der Waals surface area contributed by atoms with Gasteiger partial charge in [-0.2, -0.15) is 0 Å². The van der Waals surface area contributed by atoms with E-state index in [4.69, 9.17) is 16.3 Å². The molecule has 1 heterocycles. The van der Waals surface area contributed by atoms with Crippen LogP contribution in [0, 0.1) is 11.7 Å². The standard InChI is InChI=1S/C10H11ClFNO/c1-6-4-13-9-3-8(12)7(11)2-10(9)14-5-6/h2-3,6,13H,4-5H2,1H3. The van der Waals surface area contributed by atoms with Gasteiger partial charge in [-0.05, 0) is 0 Å². The first kappa shape index (κ1) is 9.59. The van der Waals surface area contributed by atoms with Crippen molar-refractivity contribution in [2.75, 3.05) is 18.5 Å². The van der Waals surface area contributed by atoms with Crippen molar-refractivity contribution in [1.29, 1.82) is 0 Å². The van der Waals surface area contributed by atoms with Crippen LogP contribution in [0.4, 0.5) is 10.1 Å². The van der Waals surface area contributed by atoms with Crippen LogP contribution in [0.1, 0.15) is 6.92 Å². The second-order valence-electron chi connectivity index (χ2n) is 3.56. The van der Waals surface area contributed by atoms with E-state index in [2.05, 4.69) is 12.2 Å². The molecule has 0 fully saturated rings. The Hall–Kier alpha value is -0.960. The Labute approximate surface area is 87.0 Å². The van der Waals surface area contributed by atoms with Crippen LogP contribution in [-0.2, 0) is 0 Å². The monoisotopic (exact) mass is 215 g/mol. The zero-order valence-corrected chi connectivity index (χ0v) is 8.57. The lowest BCUT2D eigenvalue weighted by Crippen LogP contribution is -2.13. The molecule has 0 aromatic heterocycles. The van der Waals surface area contributed by atoms with Crippen molar-refractivity contribution in [2.24, 2.45) is 5.92 Å². The van der Waals surface area contributed by atoms with E-state index >= 15 is 0 Å². The lowest BCUT2D eigenvalue weighted by atomic mass is 10.2. The Bertz CT molecular complexity index is 323. The summed E-state index contributed by atoms with van der Waals surface area (Å²) in [5, 5.41) is 3.22.